The summed E-state index contributed by atoms with van der Waals surface area (Å²) in [5.41, 5.74) is 3.91. The third-order valence-electron chi connectivity index (χ3n) is 3.83. The first-order valence-electron chi connectivity index (χ1n) is 7.70. The Labute approximate surface area is 139 Å². The summed E-state index contributed by atoms with van der Waals surface area (Å²) in [6, 6.07) is 15.8. The van der Waals surface area contributed by atoms with Crippen molar-refractivity contribution in [1.82, 2.24) is 9.97 Å². The van der Waals surface area contributed by atoms with Crippen LogP contribution in [-0.2, 0) is 0 Å². The van der Waals surface area contributed by atoms with Crippen LogP contribution < -0.4 is 0 Å². The molecule has 0 aliphatic carbocycles. The number of pyridine rings is 2. The average Bonchev–Trinajstić information content (AvgIpc) is 3.05. The molecule has 0 spiro atoms. The summed E-state index contributed by atoms with van der Waals surface area (Å²) in [6.45, 7) is 1.91. The van der Waals surface area contributed by atoms with Crippen LogP contribution in [0.5, 0.6) is 0 Å². The van der Waals surface area contributed by atoms with Crippen LogP contribution in [0.15, 0.2) is 76.5 Å². The monoisotopic (exact) mass is 313 g/mol. The Morgan fingerprint density at radius 3 is 2.62 bits per heavy atom. The number of fused-ring (bicyclic) bond motifs is 1. The van der Waals surface area contributed by atoms with Gasteiger partial charge < -0.3 is 4.42 Å². The van der Waals surface area contributed by atoms with E-state index in [0.717, 1.165) is 39.2 Å². The van der Waals surface area contributed by atoms with Gasteiger partial charge in [-0.15, -0.1) is 0 Å². The minimum Gasteiger partial charge on any atom is -0.460 e. The first-order chi connectivity index (χ1) is 11.8. The van der Waals surface area contributed by atoms with Crippen molar-refractivity contribution in [3.63, 3.8) is 0 Å². The maximum atomic E-state index is 5.53. The highest BCUT2D eigenvalue weighted by atomic mass is 16.3. The topological polar surface area (TPSA) is 51.3 Å². The van der Waals surface area contributed by atoms with Crippen LogP contribution in [0.4, 0.5) is 5.69 Å². The fraction of sp³-hybridized carbons (Fsp3) is 0.0500. The molecule has 0 aliphatic heterocycles. The van der Waals surface area contributed by atoms with Gasteiger partial charge >= 0.3 is 0 Å². The molecule has 4 aromatic rings. The Morgan fingerprint density at radius 1 is 0.958 bits per heavy atom. The molecule has 0 saturated heterocycles. The van der Waals surface area contributed by atoms with Crippen LogP contribution in [-0.4, -0.2) is 16.2 Å². The highest BCUT2D eigenvalue weighted by Gasteiger charge is 2.07. The molecule has 0 fully saturated rings. The van der Waals surface area contributed by atoms with Crippen LogP contribution in [0.2, 0.25) is 0 Å². The van der Waals surface area contributed by atoms with E-state index in [1.807, 2.05) is 55.6 Å². The molecule has 0 N–H and O–H groups in total. The van der Waals surface area contributed by atoms with Crippen molar-refractivity contribution >= 4 is 22.8 Å². The summed E-state index contributed by atoms with van der Waals surface area (Å²) in [4.78, 5) is 13.2. The van der Waals surface area contributed by atoms with Crippen molar-refractivity contribution in [1.29, 1.82) is 0 Å². The minimum absolute atomic E-state index is 0.731. The maximum absolute atomic E-state index is 5.53. The summed E-state index contributed by atoms with van der Waals surface area (Å²) < 4.78 is 5.53. The molecule has 0 radical (unpaired) electrons. The highest BCUT2D eigenvalue weighted by Crippen LogP contribution is 2.31. The van der Waals surface area contributed by atoms with Crippen molar-refractivity contribution < 1.29 is 4.42 Å². The van der Waals surface area contributed by atoms with Crippen LogP contribution in [0, 0.1) is 6.92 Å². The van der Waals surface area contributed by atoms with Crippen LogP contribution in [0.1, 0.15) is 11.5 Å². The van der Waals surface area contributed by atoms with Gasteiger partial charge in [0.25, 0.3) is 0 Å². The van der Waals surface area contributed by atoms with Gasteiger partial charge in [-0.1, -0.05) is 12.1 Å². The zero-order chi connectivity index (χ0) is 16.4. The Morgan fingerprint density at radius 2 is 1.83 bits per heavy atom. The Kier molecular flexibility index (Phi) is 3.63. The molecule has 0 saturated carbocycles. The Bertz CT molecular complexity index is 1020. The first-order valence-corrected chi connectivity index (χ1v) is 7.70. The van der Waals surface area contributed by atoms with E-state index in [-0.39, 0.29) is 0 Å². The lowest BCUT2D eigenvalue weighted by Crippen LogP contribution is -1.86. The van der Waals surface area contributed by atoms with Gasteiger partial charge in [-0.3, -0.25) is 15.0 Å². The number of rotatable bonds is 3. The quantitative estimate of drug-likeness (QED) is 0.503. The first kappa shape index (κ1) is 14.3. The molecule has 24 heavy (non-hydrogen) atoms. The maximum Gasteiger partial charge on any atom is 0.145 e. The molecule has 0 amide bonds. The van der Waals surface area contributed by atoms with Crippen molar-refractivity contribution in [2.45, 2.75) is 6.92 Å². The summed E-state index contributed by atoms with van der Waals surface area (Å²) in [5.74, 6) is 1.60. The van der Waals surface area contributed by atoms with Crippen LogP contribution in [0.3, 0.4) is 0 Å². The van der Waals surface area contributed by atoms with Crippen molar-refractivity contribution in [3.05, 3.63) is 78.6 Å². The average molecular weight is 313 g/mol. The van der Waals surface area contributed by atoms with E-state index in [0.29, 0.717) is 0 Å². The standard InChI is InChI=1S/C20H15N3O/c1-14-5-6-16(24-14)13-23-19-4-2-3-18-17(9-12-22-20(18)19)15-7-10-21-11-8-15/h2-13H,1H3. The molecule has 4 rings (SSSR count). The van der Waals surface area contributed by atoms with Crippen molar-refractivity contribution in [2.75, 3.05) is 0 Å². The van der Waals surface area contributed by atoms with Gasteiger partial charge in [-0.2, -0.15) is 0 Å². The van der Waals surface area contributed by atoms with Gasteiger partial charge in [0, 0.05) is 24.0 Å². The van der Waals surface area contributed by atoms with Gasteiger partial charge in [0.2, 0.25) is 0 Å². The Balaban J connectivity index is 1.82. The number of aromatic nitrogens is 2. The number of hydrogen-bond acceptors (Lipinski definition) is 4. The molecule has 3 aromatic heterocycles. The molecule has 0 aliphatic rings. The van der Waals surface area contributed by atoms with Crippen LogP contribution >= 0.6 is 0 Å². The number of para-hydroxylation sites is 1. The second-order valence-corrected chi connectivity index (χ2v) is 5.47. The van der Waals surface area contributed by atoms with E-state index >= 15 is 0 Å². The number of aryl methyl sites for hydroxylation is 1. The normalized spacial score (nSPS) is 11.4. The van der Waals surface area contributed by atoms with Gasteiger partial charge in [-0.05, 0) is 54.4 Å². The lowest BCUT2D eigenvalue weighted by molar-refractivity contribution is 0.528. The molecule has 0 bridgehead atoms. The van der Waals surface area contributed by atoms with Gasteiger partial charge in [0.15, 0.2) is 0 Å². The third kappa shape index (κ3) is 2.70. The molecule has 1 aromatic carbocycles. The molecule has 116 valence electrons. The predicted octanol–water partition coefficient (Wildman–Crippen LogP) is 4.95. The third-order valence-corrected chi connectivity index (χ3v) is 3.83. The number of nitrogens with zero attached hydrogens (tertiary/aromatic N) is 3. The van der Waals surface area contributed by atoms with E-state index < -0.39 is 0 Å². The number of benzene rings is 1. The summed E-state index contributed by atoms with van der Waals surface area (Å²) >= 11 is 0. The predicted molar refractivity (Wildman–Crippen MR) is 95.7 cm³/mol. The van der Waals surface area contributed by atoms with E-state index in [2.05, 4.69) is 21.0 Å². The molecular weight excluding hydrogens is 298 g/mol. The second-order valence-electron chi connectivity index (χ2n) is 5.47. The van der Waals surface area contributed by atoms with Crippen molar-refractivity contribution in [3.8, 4) is 11.1 Å². The Hall–Kier alpha value is -3.27. The van der Waals surface area contributed by atoms with E-state index in [1.165, 1.54) is 0 Å². The van der Waals surface area contributed by atoms with E-state index in [1.54, 1.807) is 18.6 Å². The summed E-state index contributed by atoms with van der Waals surface area (Å²) in [7, 11) is 0. The van der Waals surface area contributed by atoms with E-state index in [4.69, 9.17) is 4.42 Å². The van der Waals surface area contributed by atoms with Crippen molar-refractivity contribution in [2.24, 2.45) is 4.99 Å². The molecule has 4 heteroatoms. The summed E-state index contributed by atoms with van der Waals surface area (Å²) in [5, 5.41) is 1.06. The minimum atomic E-state index is 0.731. The SMILES string of the molecule is Cc1ccc(C=Nc2cccc3c(-c4ccncc4)ccnc23)o1. The lowest BCUT2D eigenvalue weighted by Gasteiger charge is -2.07. The molecular formula is C20H15N3O. The van der Waals surface area contributed by atoms with Gasteiger partial charge in [0.1, 0.15) is 11.5 Å². The van der Waals surface area contributed by atoms with Gasteiger partial charge in [0.05, 0.1) is 17.4 Å². The molecule has 3 heterocycles. The largest absolute Gasteiger partial charge is 0.460 e. The number of furan rings is 1. The fourth-order valence-corrected chi connectivity index (χ4v) is 2.70. The summed E-state index contributed by atoms with van der Waals surface area (Å²) in [6.07, 6.45) is 7.13. The highest BCUT2D eigenvalue weighted by molar-refractivity contribution is 6.00. The molecule has 0 unspecified atom stereocenters. The number of hydrogen-bond donors (Lipinski definition) is 0. The molecule has 4 nitrogen and oxygen atoms in total. The van der Waals surface area contributed by atoms with Crippen LogP contribution in [0.25, 0.3) is 22.0 Å². The second kappa shape index (κ2) is 6.08. The fourth-order valence-electron chi connectivity index (χ4n) is 2.70. The lowest BCUT2D eigenvalue weighted by atomic mass is 10.0. The zero-order valence-electron chi connectivity index (χ0n) is 13.2. The number of aliphatic imine (C=N–C) groups is 1. The molecule has 0 atom stereocenters. The van der Waals surface area contributed by atoms with E-state index in [9.17, 15) is 0 Å². The zero-order valence-corrected chi connectivity index (χ0v) is 13.2. The van der Waals surface area contributed by atoms with Gasteiger partial charge in [-0.25, -0.2) is 0 Å². The smallest absolute Gasteiger partial charge is 0.145 e.